The Balaban J connectivity index is 1.49. The third-order valence-electron chi connectivity index (χ3n) is 4.03. The second kappa shape index (κ2) is 7.97. The van der Waals surface area contributed by atoms with Crippen LogP contribution in [0, 0.1) is 0 Å². The minimum absolute atomic E-state index is 0.105. The number of carbonyl (C=O) groups excluding carboxylic acids is 1. The number of benzene rings is 1. The van der Waals surface area contributed by atoms with Gasteiger partial charge >= 0.3 is 6.03 Å². The number of carbonyl (C=O) groups is 1. The molecule has 2 amide bonds. The quantitative estimate of drug-likeness (QED) is 0.827. The average molecular weight is 341 g/mol. The highest BCUT2D eigenvalue weighted by molar-refractivity contribution is 6.30. The predicted molar refractivity (Wildman–Crippen MR) is 84.9 cm³/mol. The van der Waals surface area contributed by atoms with Crippen LogP contribution < -0.4 is 10.8 Å². The molecule has 2 N–H and O–H groups in total. The number of nitrogens with one attached hydrogen (secondary N) is 2. The van der Waals surface area contributed by atoms with Crippen LogP contribution in [0.4, 0.5) is 4.79 Å². The molecule has 0 spiro atoms. The molecule has 0 bridgehead atoms. The van der Waals surface area contributed by atoms with Crippen molar-refractivity contribution in [1.29, 1.82) is 0 Å². The second-order valence-electron chi connectivity index (χ2n) is 5.73. The SMILES string of the molecule is O=C(NO[C@@H]1CCCCO1)N[C@H]1CCO[C@@H]1c1ccc(Cl)cc1. The molecule has 2 saturated heterocycles. The summed E-state index contributed by atoms with van der Waals surface area (Å²) in [5, 5.41) is 3.57. The molecule has 0 aromatic heterocycles. The second-order valence-corrected chi connectivity index (χ2v) is 6.16. The molecule has 3 atom stereocenters. The van der Waals surface area contributed by atoms with Crippen LogP contribution in [0.15, 0.2) is 24.3 Å². The van der Waals surface area contributed by atoms with E-state index in [4.69, 9.17) is 25.9 Å². The van der Waals surface area contributed by atoms with Gasteiger partial charge < -0.3 is 14.8 Å². The molecule has 1 aromatic rings. The Kier molecular flexibility index (Phi) is 5.72. The van der Waals surface area contributed by atoms with E-state index in [2.05, 4.69) is 10.8 Å². The molecule has 2 aliphatic rings. The molecule has 3 rings (SSSR count). The standard InChI is InChI=1S/C16H21ClN2O4/c17-12-6-4-11(5-7-12)15-13(8-10-22-15)18-16(20)19-23-14-3-1-2-9-21-14/h4-7,13-15H,1-3,8-10H2,(H2,18,19,20)/t13-,14+,15+/m0/s1. The molecule has 2 aliphatic heterocycles. The van der Waals surface area contributed by atoms with Crippen LogP contribution in [0.25, 0.3) is 0 Å². The van der Waals surface area contributed by atoms with E-state index in [9.17, 15) is 4.79 Å². The van der Waals surface area contributed by atoms with Crippen molar-refractivity contribution in [3.05, 3.63) is 34.9 Å². The summed E-state index contributed by atoms with van der Waals surface area (Å²) in [6.45, 7) is 1.27. The first kappa shape index (κ1) is 16.5. The third kappa shape index (κ3) is 4.57. The third-order valence-corrected chi connectivity index (χ3v) is 4.28. The van der Waals surface area contributed by atoms with Crippen LogP contribution in [-0.2, 0) is 14.3 Å². The van der Waals surface area contributed by atoms with Crippen molar-refractivity contribution < 1.29 is 19.1 Å². The molecule has 2 fully saturated rings. The first-order valence-corrected chi connectivity index (χ1v) is 8.31. The Morgan fingerprint density at radius 1 is 1.13 bits per heavy atom. The molecule has 6 nitrogen and oxygen atoms in total. The lowest BCUT2D eigenvalue weighted by atomic mass is 10.0. The zero-order chi connectivity index (χ0) is 16.1. The van der Waals surface area contributed by atoms with Crippen LogP contribution in [0.2, 0.25) is 5.02 Å². The molecule has 1 aromatic carbocycles. The van der Waals surface area contributed by atoms with Gasteiger partial charge in [-0.15, -0.1) is 0 Å². The molecule has 126 valence electrons. The molecule has 7 heteroatoms. The van der Waals surface area contributed by atoms with Crippen molar-refractivity contribution in [2.24, 2.45) is 0 Å². The van der Waals surface area contributed by atoms with Gasteiger partial charge in [-0.2, -0.15) is 0 Å². The first-order chi connectivity index (χ1) is 11.2. The maximum Gasteiger partial charge on any atom is 0.339 e. The van der Waals surface area contributed by atoms with E-state index in [0.717, 1.165) is 31.2 Å². The van der Waals surface area contributed by atoms with Crippen LogP contribution in [-0.4, -0.2) is 31.6 Å². The predicted octanol–water partition coefficient (Wildman–Crippen LogP) is 2.93. The summed E-state index contributed by atoms with van der Waals surface area (Å²) in [5.41, 5.74) is 3.40. The van der Waals surface area contributed by atoms with Crippen molar-refractivity contribution in [2.75, 3.05) is 13.2 Å². The zero-order valence-electron chi connectivity index (χ0n) is 12.8. The highest BCUT2D eigenvalue weighted by Crippen LogP contribution is 2.29. The van der Waals surface area contributed by atoms with Crippen molar-refractivity contribution in [3.8, 4) is 0 Å². The Bertz CT molecular complexity index is 519. The number of urea groups is 1. The lowest BCUT2D eigenvalue weighted by Crippen LogP contribution is -2.45. The van der Waals surface area contributed by atoms with Crippen LogP contribution in [0.3, 0.4) is 0 Å². The smallest absolute Gasteiger partial charge is 0.339 e. The Morgan fingerprint density at radius 3 is 2.70 bits per heavy atom. The van der Waals surface area contributed by atoms with Gasteiger partial charge in [0.1, 0.15) is 6.10 Å². The van der Waals surface area contributed by atoms with Gasteiger partial charge in [0.2, 0.25) is 0 Å². The molecule has 2 heterocycles. The van der Waals surface area contributed by atoms with Crippen molar-refractivity contribution in [1.82, 2.24) is 10.8 Å². The van der Waals surface area contributed by atoms with E-state index < -0.39 is 0 Å². The zero-order valence-corrected chi connectivity index (χ0v) is 13.6. The van der Waals surface area contributed by atoms with Gasteiger partial charge in [-0.25, -0.2) is 15.1 Å². The highest BCUT2D eigenvalue weighted by Gasteiger charge is 2.31. The molecule has 0 unspecified atom stereocenters. The number of hydrogen-bond donors (Lipinski definition) is 2. The maximum absolute atomic E-state index is 12.0. The molecule has 0 radical (unpaired) electrons. The fourth-order valence-electron chi connectivity index (χ4n) is 2.84. The van der Waals surface area contributed by atoms with E-state index in [1.807, 2.05) is 24.3 Å². The van der Waals surface area contributed by atoms with Gasteiger partial charge in [0.15, 0.2) is 6.29 Å². The summed E-state index contributed by atoms with van der Waals surface area (Å²) >= 11 is 5.91. The number of hydrogen-bond acceptors (Lipinski definition) is 4. The average Bonchev–Trinajstić information content (AvgIpc) is 3.03. The molecular formula is C16H21ClN2O4. The minimum Gasteiger partial charge on any atom is -0.371 e. The van der Waals surface area contributed by atoms with E-state index in [1.165, 1.54) is 0 Å². The summed E-state index contributed by atoms with van der Waals surface area (Å²) in [4.78, 5) is 17.3. The summed E-state index contributed by atoms with van der Waals surface area (Å²) < 4.78 is 11.1. The topological polar surface area (TPSA) is 68.8 Å². The van der Waals surface area contributed by atoms with Crippen molar-refractivity contribution >= 4 is 17.6 Å². The Labute approximate surface area is 140 Å². The Morgan fingerprint density at radius 2 is 1.96 bits per heavy atom. The van der Waals surface area contributed by atoms with E-state index in [0.29, 0.717) is 18.2 Å². The number of amides is 2. The minimum atomic E-state index is -0.381. The van der Waals surface area contributed by atoms with E-state index in [1.54, 1.807) is 0 Å². The van der Waals surface area contributed by atoms with E-state index in [-0.39, 0.29) is 24.5 Å². The van der Waals surface area contributed by atoms with Gasteiger partial charge in [0, 0.05) is 24.7 Å². The van der Waals surface area contributed by atoms with Gasteiger partial charge in [-0.05, 0) is 37.0 Å². The fraction of sp³-hybridized carbons (Fsp3) is 0.562. The number of hydroxylamine groups is 1. The Hall–Kier alpha value is -1.34. The summed E-state index contributed by atoms with van der Waals surface area (Å²) in [5.74, 6) is 0. The van der Waals surface area contributed by atoms with Crippen LogP contribution in [0.5, 0.6) is 0 Å². The van der Waals surface area contributed by atoms with Gasteiger partial charge in [0.05, 0.1) is 6.04 Å². The van der Waals surface area contributed by atoms with Crippen LogP contribution in [0.1, 0.15) is 37.4 Å². The monoisotopic (exact) mass is 340 g/mol. The maximum atomic E-state index is 12.0. The number of ether oxygens (including phenoxy) is 2. The molecule has 23 heavy (non-hydrogen) atoms. The molecule has 0 saturated carbocycles. The number of rotatable bonds is 4. The molecule has 0 aliphatic carbocycles. The van der Waals surface area contributed by atoms with Gasteiger partial charge in [-0.1, -0.05) is 23.7 Å². The number of halogens is 1. The van der Waals surface area contributed by atoms with Gasteiger partial charge in [0.25, 0.3) is 0 Å². The van der Waals surface area contributed by atoms with Gasteiger partial charge in [-0.3, -0.25) is 0 Å². The first-order valence-electron chi connectivity index (χ1n) is 7.93. The summed E-state index contributed by atoms with van der Waals surface area (Å²) in [7, 11) is 0. The van der Waals surface area contributed by atoms with E-state index >= 15 is 0 Å². The lowest BCUT2D eigenvalue weighted by Gasteiger charge is -2.24. The summed E-state index contributed by atoms with van der Waals surface area (Å²) in [6, 6.07) is 6.98. The largest absolute Gasteiger partial charge is 0.371 e. The lowest BCUT2D eigenvalue weighted by molar-refractivity contribution is -0.186. The fourth-order valence-corrected chi connectivity index (χ4v) is 2.97. The summed E-state index contributed by atoms with van der Waals surface area (Å²) in [6.07, 6.45) is 3.09. The van der Waals surface area contributed by atoms with Crippen molar-refractivity contribution in [3.63, 3.8) is 0 Å². The highest BCUT2D eigenvalue weighted by atomic mass is 35.5. The van der Waals surface area contributed by atoms with Crippen molar-refractivity contribution in [2.45, 2.75) is 44.1 Å². The normalized spacial score (nSPS) is 27.6. The van der Waals surface area contributed by atoms with Crippen LogP contribution >= 0.6 is 11.6 Å². The molecular weight excluding hydrogens is 320 g/mol.